The van der Waals surface area contributed by atoms with Gasteiger partial charge in [-0.2, -0.15) is 0 Å². The van der Waals surface area contributed by atoms with E-state index in [0.717, 1.165) is 135 Å². The second-order valence-electron chi connectivity index (χ2n) is 17.0. The Bertz CT molecular complexity index is 1640. The highest BCUT2D eigenvalue weighted by atomic mass is 16.6. The van der Waals surface area contributed by atoms with Crippen LogP contribution in [0.25, 0.3) is 0 Å². The van der Waals surface area contributed by atoms with Crippen molar-refractivity contribution in [2.45, 2.75) is 194 Å². The van der Waals surface area contributed by atoms with Gasteiger partial charge in [-0.25, -0.2) is 0 Å². The third-order valence-electron chi connectivity index (χ3n) is 10.4. The van der Waals surface area contributed by atoms with Crippen molar-refractivity contribution < 1.29 is 28.6 Å². The monoisotopic (exact) mass is 973 g/mol. The summed E-state index contributed by atoms with van der Waals surface area (Å²) in [6.07, 6.45) is 86.1. The fraction of sp³-hybridized carbons (Fsp3) is 0.492. The van der Waals surface area contributed by atoms with Gasteiger partial charge in [0.1, 0.15) is 13.2 Å². The molecule has 71 heavy (non-hydrogen) atoms. The minimum Gasteiger partial charge on any atom is -0.462 e. The van der Waals surface area contributed by atoms with Gasteiger partial charge in [-0.05, 0) is 128 Å². The number of hydrogen-bond acceptors (Lipinski definition) is 6. The van der Waals surface area contributed by atoms with Gasteiger partial charge in [-0.3, -0.25) is 14.4 Å². The lowest BCUT2D eigenvalue weighted by Crippen LogP contribution is -2.30. The van der Waals surface area contributed by atoms with Gasteiger partial charge in [0.05, 0.1) is 0 Å². The minimum atomic E-state index is -0.860. The average molecular weight is 973 g/mol. The molecule has 0 saturated carbocycles. The molecule has 0 fully saturated rings. The Hall–Kier alpha value is -5.49. The fourth-order valence-corrected chi connectivity index (χ4v) is 6.45. The third kappa shape index (κ3) is 55.3. The van der Waals surface area contributed by atoms with E-state index in [4.69, 9.17) is 14.2 Å². The van der Waals surface area contributed by atoms with Crippen molar-refractivity contribution in [2.24, 2.45) is 0 Å². The van der Waals surface area contributed by atoms with E-state index in [1.165, 1.54) is 0 Å². The van der Waals surface area contributed by atoms with Gasteiger partial charge in [0.15, 0.2) is 6.10 Å². The SMILES string of the molecule is CC/C=C\C/C=C\C/C=C\C/C=C\C/C=C\C/C=C\CCC(=O)OCC(COC(=O)CC/C=C\C/C=C\C/C=C\C/C=C\C/C=C\C/C=C\CC)OC(=O)CCCCCCC/C=C\C/C=C\C/C=C\CC. The normalized spacial score (nSPS) is 13.2. The van der Waals surface area contributed by atoms with E-state index in [1.54, 1.807) is 0 Å². The minimum absolute atomic E-state index is 0.159. The van der Waals surface area contributed by atoms with Gasteiger partial charge in [0.25, 0.3) is 0 Å². The number of esters is 3. The summed E-state index contributed by atoms with van der Waals surface area (Å²) in [5.41, 5.74) is 0. The summed E-state index contributed by atoms with van der Waals surface area (Å²) in [6.45, 7) is 6.12. The lowest BCUT2D eigenvalue weighted by molar-refractivity contribution is -0.166. The molecule has 0 bridgehead atoms. The summed E-state index contributed by atoms with van der Waals surface area (Å²) < 4.78 is 16.7. The smallest absolute Gasteiger partial charge is 0.306 e. The quantitative estimate of drug-likeness (QED) is 0.0262. The van der Waals surface area contributed by atoms with Crippen LogP contribution in [0.2, 0.25) is 0 Å². The van der Waals surface area contributed by atoms with Crippen LogP contribution in [0.4, 0.5) is 0 Å². The summed E-state index contributed by atoms with van der Waals surface area (Å²) in [5.74, 6) is -1.15. The van der Waals surface area contributed by atoms with Gasteiger partial charge >= 0.3 is 17.9 Å². The van der Waals surface area contributed by atoms with Crippen LogP contribution in [-0.4, -0.2) is 37.2 Å². The predicted octanol–water partition coefficient (Wildman–Crippen LogP) is 18.5. The van der Waals surface area contributed by atoms with Gasteiger partial charge < -0.3 is 14.2 Å². The van der Waals surface area contributed by atoms with Crippen LogP contribution in [0.3, 0.4) is 0 Å². The van der Waals surface area contributed by atoms with Crippen LogP contribution in [0.15, 0.2) is 182 Å². The van der Waals surface area contributed by atoms with E-state index in [2.05, 4.69) is 179 Å². The Morgan fingerprint density at radius 2 is 0.535 bits per heavy atom. The van der Waals surface area contributed by atoms with E-state index < -0.39 is 6.10 Å². The van der Waals surface area contributed by atoms with E-state index in [9.17, 15) is 14.4 Å². The molecule has 0 rings (SSSR count). The predicted molar refractivity (Wildman–Crippen MR) is 306 cm³/mol. The third-order valence-corrected chi connectivity index (χ3v) is 10.4. The molecule has 0 aliphatic rings. The van der Waals surface area contributed by atoms with Gasteiger partial charge in [0, 0.05) is 19.3 Å². The lowest BCUT2D eigenvalue weighted by Gasteiger charge is -2.18. The maximum atomic E-state index is 12.8. The average Bonchev–Trinajstić information content (AvgIpc) is 3.37. The summed E-state index contributed by atoms with van der Waals surface area (Å²) in [7, 11) is 0. The largest absolute Gasteiger partial charge is 0.462 e. The highest BCUT2D eigenvalue weighted by molar-refractivity contribution is 5.71. The first-order valence-corrected chi connectivity index (χ1v) is 27.3. The van der Waals surface area contributed by atoms with E-state index in [0.29, 0.717) is 12.8 Å². The first-order valence-electron chi connectivity index (χ1n) is 27.3. The van der Waals surface area contributed by atoms with E-state index >= 15 is 0 Å². The van der Waals surface area contributed by atoms with Crippen molar-refractivity contribution in [3.63, 3.8) is 0 Å². The maximum absolute atomic E-state index is 12.8. The zero-order valence-corrected chi connectivity index (χ0v) is 44.6. The molecule has 0 unspecified atom stereocenters. The second-order valence-corrected chi connectivity index (χ2v) is 17.0. The van der Waals surface area contributed by atoms with Gasteiger partial charge in [0.2, 0.25) is 0 Å². The topological polar surface area (TPSA) is 78.9 Å². The molecule has 0 aromatic heterocycles. The molecular weight excluding hydrogens is 877 g/mol. The molecule has 0 aromatic carbocycles. The molecule has 0 aliphatic heterocycles. The van der Waals surface area contributed by atoms with Crippen molar-refractivity contribution >= 4 is 17.9 Å². The first kappa shape index (κ1) is 65.5. The summed E-state index contributed by atoms with van der Waals surface area (Å²) in [5, 5.41) is 0. The molecule has 392 valence electrons. The molecule has 0 aromatic rings. The van der Waals surface area contributed by atoms with Crippen molar-refractivity contribution in [2.75, 3.05) is 13.2 Å². The summed E-state index contributed by atoms with van der Waals surface area (Å²) in [4.78, 5) is 38.1. The zero-order valence-electron chi connectivity index (χ0n) is 44.6. The number of allylic oxidation sites excluding steroid dienone is 30. The van der Waals surface area contributed by atoms with Crippen LogP contribution in [0.1, 0.15) is 188 Å². The molecule has 0 radical (unpaired) electrons. The van der Waals surface area contributed by atoms with Crippen molar-refractivity contribution in [1.82, 2.24) is 0 Å². The maximum Gasteiger partial charge on any atom is 0.306 e. The number of carbonyl (C=O) groups is 3. The molecule has 0 saturated heterocycles. The Morgan fingerprint density at radius 3 is 0.845 bits per heavy atom. The standard InChI is InChI=1S/C65H96O6/c1-4-7-10-13-16-19-22-25-28-30-32-34-37-39-42-45-48-51-54-57-63(66)69-60-62(71-65(68)59-56-53-50-47-44-41-36-27-24-21-18-15-12-9-6-3)61-70-64(67)58-55-52-49-46-43-40-38-35-33-31-29-26-23-20-17-14-11-8-5-2/h7-12,16-21,25-29,32-36,39-40,42-43,48-49,51-52,62H,4-6,13-15,22-24,30-31,37-38,41,44-47,50,53-61H2,1-3H3/b10-7-,11-8-,12-9-,19-16-,20-17-,21-18-,28-25-,29-26-,34-32-,35-33-,36-27-,42-39-,43-40-,51-48-,52-49-. The van der Waals surface area contributed by atoms with E-state index in [-0.39, 0.29) is 50.4 Å². The van der Waals surface area contributed by atoms with Crippen LogP contribution < -0.4 is 0 Å². The molecule has 0 N–H and O–H groups in total. The van der Waals surface area contributed by atoms with Gasteiger partial charge in [-0.1, -0.05) is 222 Å². The second kappa shape index (κ2) is 57.1. The Kier molecular flexibility index (Phi) is 52.7. The number of ether oxygens (including phenoxy) is 3. The van der Waals surface area contributed by atoms with Crippen LogP contribution >= 0.6 is 0 Å². The fourth-order valence-electron chi connectivity index (χ4n) is 6.45. The molecule has 6 heteroatoms. The first-order chi connectivity index (χ1) is 35.0. The van der Waals surface area contributed by atoms with Crippen molar-refractivity contribution in [3.8, 4) is 0 Å². The Morgan fingerprint density at radius 1 is 0.282 bits per heavy atom. The van der Waals surface area contributed by atoms with Gasteiger partial charge in [-0.15, -0.1) is 0 Å². The van der Waals surface area contributed by atoms with Crippen molar-refractivity contribution in [3.05, 3.63) is 182 Å². The molecular formula is C65H96O6. The molecule has 0 heterocycles. The van der Waals surface area contributed by atoms with Crippen LogP contribution in [-0.2, 0) is 28.6 Å². The number of rotatable bonds is 46. The highest BCUT2D eigenvalue weighted by Crippen LogP contribution is 2.11. The van der Waals surface area contributed by atoms with Crippen molar-refractivity contribution in [1.29, 1.82) is 0 Å². The lowest BCUT2D eigenvalue weighted by atomic mass is 10.1. The van der Waals surface area contributed by atoms with Crippen LogP contribution in [0.5, 0.6) is 0 Å². The molecule has 6 nitrogen and oxygen atoms in total. The zero-order chi connectivity index (χ0) is 51.4. The highest BCUT2D eigenvalue weighted by Gasteiger charge is 2.19. The summed E-state index contributed by atoms with van der Waals surface area (Å²) >= 11 is 0. The summed E-state index contributed by atoms with van der Waals surface area (Å²) in [6, 6.07) is 0. The Labute approximate surface area is 434 Å². The van der Waals surface area contributed by atoms with Crippen LogP contribution in [0, 0.1) is 0 Å². The number of carbonyl (C=O) groups excluding carboxylic acids is 3. The van der Waals surface area contributed by atoms with E-state index in [1.807, 2.05) is 24.3 Å². The molecule has 0 spiro atoms. The Balaban J connectivity index is 4.68. The number of hydrogen-bond donors (Lipinski definition) is 0. The molecule has 0 aliphatic carbocycles. The molecule has 0 atom stereocenters. The molecule has 0 amide bonds. The number of unbranched alkanes of at least 4 members (excludes halogenated alkanes) is 5.